The van der Waals surface area contributed by atoms with Crippen LogP contribution < -0.4 is 5.32 Å². The van der Waals surface area contributed by atoms with Gasteiger partial charge >= 0.3 is 0 Å². The van der Waals surface area contributed by atoms with Crippen LogP contribution >= 0.6 is 11.8 Å². The van der Waals surface area contributed by atoms with E-state index in [2.05, 4.69) is 10.3 Å². The number of hydrogen-bond donors (Lipinski definition) is 1. The summed E-state index contributed by atoms with van der Waals surface area (Å²) in [6.07, 6.45) is 0.380. The van der Waals surface area contributed by atoms with E-state index in [1.165, 1.54) is 30.3 Å². The van der Waals surface area contributed by atoms with Gasteiger partial charge in [0.25, 0.3) is 5.91 Å². The lowest BCUT2D eigenvalue weighted by atomic mass is 9.98. The highest BCUT2D eigenvalue weighted by molar-refractivity contribution is 8.15. The number of hydrazone groups is 1. The predicted octanol–water partition coefficient (Wildman–Crippen LogP) is 5.45. The van der Waals surface area contributed by atoms with E-state index in [1.807, 2.05) is 37.3 Å². The van der Waals surface area contributed by atoms with Crippen LogP contribution in [0.15, 0.2) is 82.9 Å². The quantitative estimate of drug-likeness (QED) is 0.501. The highest BCUT2D eigenvalue weighted by Gasteiger charge is 2.39. The zero-order valence-electron chi connectivity index (χ0n) is 19.3. The third-order valence-electron chi connectivity index (χ3n) is 5.93. The van der Waals surface area contributed by atoms with Gasteiger partial charge in [0.05, 0.1) is 11.8 Å². The second-order valence-electron chi connectivity index (χ2n) is 8.63. The molecule has 2 amide bonds. The van der Waals surface area contributed by atoms with Gasteiger partial charge in [-0.05, 0) is 48.4 Å². The van der Waals surface area contributed by atoms with Gasteiger partial charge in [-0.3, -0.25) is 9.59 Å². The zero-order chi connectivity index (χ0) is 25.2. The van der Waals surface area contributed by atoms with Gasteiger partial charge in [0.1, 0.15) is 16.9 Å². The van der Waals surface area contributed by atoms with Crippen LogP contribution in [0, 0.1) is 18.6 Å². The fourth-order valence-corrected chi connectivity index (χ4v) is 5.19. The number of nitrogens with zero attached hydrogens (tertiary/aromatic N) is 3. The molecule has 36 heavy (non-hydrogen) atoms. The first-order chi connectivity index (χ1) is 17.4. The van der Waals surface area contributed by atoms with Crippen molar-refractivity contribution in [1.29, 1.82) is 0 Å². The molecule has 182 valence electrons. The second-order valence-corrected chi connectivity index (χ2v) is 9.80. The molecule has 2 heterocycles. The van der Waals surface area contributed by atoms with E-state index >= 15 is 0 Å². The molecule has 0 unspecified atom stereocenters. The number of amides is 2. The number of aryl methyl sites for hydroxylation is 1. The summed E-state index contributed by atoms with van der Waals surface area (Å²) in [5.74, 6) is -1.69. The molecule has 5 rings (SSSR count). The molecule has 2 aliphatic heterocycles. The molecule has 1 N–H and O–H groups in total. The van der Waals surface area contributed by atoms with Gasteiger partial charge in [0, 0.05) is 18.5 Å². The number of halogens is 2. The Labute approximate surface area is 211 Å². The second kappa shape index (κ2) is 10.0. The van der Waals surface area contributed by atoms with E-state index in [0.717, 1.165) is 28.6 Å². The number of carbonyl (C=O) groups excluding carboxylic acids is 2. The summed E-state index contributed by atoms with van der Waals surface area (Å²) in [5, 5.41) is 8.65. The van der Waals surface area contributed by atoms with E-state index in [1.54, 1.807) is 17.1 Å². The lowest BCUT2D eigenvalue weighted by molar-refractivity contribution is -0.121. The van der Waals surface area contributed by atoms with Crippen molar-refractivity contribution in [2.45, 2.75) is 31.1 Å². The summed E-state index contributed by atoms with van der Waals surface area (Å²) < 4.78 is 27.5. The Morgan fingerprint density at radius 3 is 2.50 bits per heavy atom. The van der Waals surface area contributed by atoms with Crippen LogP contribution in [0.3, 0.4) is 0 Å². The SMILES string of the molecule is Cc1ccc(C2=NN(C3=NC(=O)[C@@H](CC(=O)Nc4cccc(F)c4)S3)[C@H](c3cccc(F)c3)C2)cc1. The molecule has 6 nitrogen and oxygen atoms in total. The smallest absolute Gasteiger partial charge is 0.262 e. The number of thioether (sulfide) groups is 1. The Balaban J connectivity index is 1.36. The van der Waals surface area contributed by atoms with Crippen molar-refractivity contribution >= 4 is 40.1 Å². The van der Waals surface area contributed by atoms with E-state index in [9.17, 15) is 18.4 Å². The maximum absolute atomic E-state index is 14.0. The maximum Gasteiger partial charge on any atom is 0.262 e. The Morgan fingerprint density at radius 2 is 1.78 bits per heavy atom. The molecular weight excluding hydrogens is 482 g/mol. The summed E-state index contributed by atoms with van der Waals surface area (Å²) in [7, 11) is 0. The molecular formula is C27H22F2N4O2S. The summed E-state index contributed by atoms with van der Waals surface area (Å²) in [4.78, 5) is 29.4. The van der Waals surface area contributed by atoms with Crippen LogP contribution in [0.5, 0.6) is 0 Å². The zero-order valence-corrected chi connectivity index (χ0v) is 20.1. The molecule has 9 heteroatoms. The Kier molecular flexibility index (Phi) is 6.65. The normalized spacial score (nSPS) is 19.3. The molecule has 0 radical (unpaired) electrons. The number of rotatable bonds is 5. The monoisotopic (exact) mass is 504 g/mol. The van der Waals surface area contributed by atoms with Crippen LogP contribution in [0.2, 0.25) is 0 Å². The van der Waals surface area contributed by atoms with E-state index in [-0.39, 0.29) is 18.3 Å². The maximum atomic E-state index is 14.0. The van der Waals surface area contributed by atoms with Crippen molar-refractivity contribution in [3.63, 3.8) is 0 Å². The van der Waals surface area contributed by atoms with Gasteiger partial charge in [-0.25, -0.2) is 13.8 Å². The first-order valence-electron chi connectivity index (χ1n) is 11.4. The van der Waals surface area contributed by atoms with Crippen LogP contribution in [-0.4, -0.2) is 33.0 Å². The molecule has 3 aromatic rings. The number of benzene rings is 3. The number of carbonyl (C=O) groups is 2. The number of aliphatic imine (C=N–C) groups is 1. The molecule has 0 aliphatic carbocycles. The van der Waals surface area contributed by atoms with Crippen molar-refractivity contribution in [2.24, 2.45) is 10.1 Å². The fraction of sp³-hybridized carbons (Fsp3) is 0.185. The van der Waals surface area contributed by atoms with E-state index in [0.29, 0.717) is 22.8 Å². The minimum Gasteiger partial charge on any atom is -0.326 e. The van der Waals surface area contributed by atoms with Crippen molar-refractivity contribution in [2.75, 3.05) is 5.32 Å². The molecule has 2 aliphatic rings. The topological polar surface area (TPSA) is 74.1 Å². The first-order valence-corrected chi connectivity index (χ1v) is 12.3. The number of nitrogens with one attached hydrogen (secondary N) is 1. The third-order valence-corrected chi connectivity index (χ3v) is 7.07. The van der Waals surface area contributed by atoms with Crippen LogP contribution in [-0.2, 0) is 9.59 Å². The van der Waals surface area contributed by atoms with Gasteiger partial charge in [0.15, 0.2) is 5.17 Å². The summed E-state index contributed by atoms with van der Waals surface area (Å²) in [6, 6.07) is 19.4. The molecule has 0 bridgehead atoms. The minimum absolute atomic E-state index is 0.125. The molecule has 2 atom stereocenters. The Bertz CT molecular complexity index is 1390. The molecule has 0 aromatic heterocycles. The van der Waals surface area contributed by atoms with Gasteiger partial charge < -0.3 is 5.32 Å². The average Bonchev–Trinajstić information content (AvgIpc) is 3.44. The van der Waals surface area contributed by atoms with Crippen LogP contribution in [0.4, 0.5) is 14.5 Å². The summed E-state index contributed by atoms with van der Waals surface area (Å²) >= 11 is 1.15. The summed E-state index contributed by atoms with van der Waals surface area (Å²) in [5.41, 5.74) is 3.88. The van der Waals surface area contributed by atoms with E-state index < -0.39 is 22.9 Å². The van der Waals surface area contributed by atoms with Gasteiger partial charge in [-0.1, -0.05) is 59.8 Å². The van der Waals surface area contributed by atoms with Crippen molar-refractivity contribution in [3.8, 4) is 0 Å². The number of amidine groups is 1. The fourth-order valence-electron chi connectivity index (χ4n) is 4.13. The average molecular weight is 505 g/mol. The van der Waals surface area contributed by atoms with Gasteiger partial charge in [0.2, 0.25) is 5.91 Å². The highest BCUT2D eigenvalue weighted by atomic mass is 32.2. The van der Waals surface area contributed by atoms with Gasteiger partial charge in [-0.15, -0.1) is 0 Å². The minimum atomic E-state index is -0.736. The Morgan fingerprint density at radius 1 is 1.06 bits per heavy atom. The van der Waals surface area contributed by atoms with Crippen molar-refractivity contribution in [3.05, 3.63) is 101 Å². The van der Waals surface area contributed by atoms with Crippen LogP contribution in [0.25, 0.3) is 0 Å². The molecule has 0 fully saturated rings. The van der Waals surface area contributed by atoms with Crippen molar-refractivity contribution < 1.29 is 18.4 Å². The first kappa shape index (κ1) is 23.9. The number of hydrogen-bond acceptors (Lipinski definition) is 5. The Hall–Kier alpha value is -3.85. The highest BCUT2D eigenvalue weighted by Crippen LogP contribution is 2.38. The molecule has 3 aromatic carbocycles. The standard InChI is InChI=1S/C27H22F2N4O2S/c1-16-8-10-17(11-9-16)22-14-23(18-4-2-5-19(28)12-18)33(32-22)27-31-26(35)24(36-27)15-25(34)30-21-7-3-6-20(29)13-21/h2-13,23-24H,14-15H2,1H3,(H,30,34)/t23-,24+/m0/s1. The van der Waals surface area contributed by atoms with Crippen molar-refractivity contribution in [1.82, 2.24) is 5.01 Å². The van der Waals surface area contributed by atoms with Gasteiger partial charge in [-0.2, -0.15) is 10.1 Å². The lowest BCUT2D eigenvalue weighted by Gasteiger charge is -2.23. The van der Waals surface area contributed by atoms with E-state index in [4.69, 9.17) is 5.10 Å². The number of anilines is 1. The van der Waals surface area contributed by atoms with Crippen LogP contribution in [0.1, 0.15) is 35.6 Å². The predicted molar refractivity (Wildman–Crippen MR) is 137 cm³/mol. The molecule has 0 saturated heterocycles. The lowest BCUT2D eigenvalue weighted by Crippen LogP contribution is -2.25. The molecule has 0 spiro atoms. The largest absolute Gasteiger partial charge is 0.326 e. The molecule has 0 saturated carbocycles. The third kappa shape index (κ3) is 5.21. The summed E-state index contributed by atoms with van der Waals surface area (Å²) in [6.45, 7) is 2.00.